The van der Waals surface area contributed by atoms with Gasteiger partial charge in [-0.05, 0) is 18.1 Å². The van der Waals surface area contributed by atoms with Crippen molar-refractivity contribution >= 4 is 5.97 Å². The number of rotatable bonds is 4. The Morgan fingerprint density at radius 3 is 2.50 bits per heavy atom. The van der Waals surface area contributed by atoms with E-state index >= 15 is 0 Å². The minimum atomic E-state index is -4.78. The number of hydrogen-bond acceptors (Lipinski definition) is 3. The van der Waals surface area contributed by atoms with Crippen LogP contribution in [0, 0.1) is 0 Å². The van der Waals surface area contributed by atoms with Gasteiger partial charge in [0.2, 0.25) is 0 Å². The Kier molecular flexibility index (Phi) is 4.58. The van der Waals surface area contributed by atoms with Crippen LogP contribution in [0.3, 0.4) is 0 Å². The lowest BCUT2D eigenvalue weighted by Crippen LogP contribution is -2.19. The maximum absolute atomic E-state index is 12.2. The van der Waals surface area contributed by atoms with Gasteiger partial charge in [0.05, 0.1) is 13.5 Å². The molecule has 0 atom stereocenters. The molecule has 0 amide bonds. The van der Waals surface area contributed by atoms with Crippen LogP contribution in [0.15, 0.2) is 18.2 Å². The molecule has 3 nitrogen and oxygen atoms in total. The van der Waals surface area contributed by atoms with E-state index in [1.165, 1.54) is 25.3 Å². The molecule has 0 fully saturated rings. The number of carbonyl (C=O) groups is 1. The van der Waals surface area contributed by atoms with E-state index in [9.17, 15) is 18.0 Å². The third kappa shape index (κ3) is 4.27. The zero-order chi connectivity index (χ0) is 13.8. The van der Waals surface area contributed by atoms with E-state index in [0.29, 0.717) is 6.42 Å². The van der Waals surface area contributed by atoms with Crippen molar-refractivity contribution in [3.63, 3.8) is 0 Å². The lowest BCUT2D eigenvalue weighted by atomic mass is 10.1. The molecular weight excluding hydrogens is 249 g/mol. The lowest BCUT2D eigenvalue weighted by Gasteiger charge is -2.13. The quantitative estimate of drug-likeness (QED) is 0.783. The number of carbonyl (C=O) groups excluding carboxylic acids is 1. The molecule has 0 aromatic heterocycles. The first-order valence-corrected chi connectivity index (χ1v) is 5.30. The van der Waals surface area contributed by atoms with E-state index in [4.69, 9.17) is 0 Å². The number of ether oxygens (including phenoxy) is 2. The van der Waals surface area contributed by atoms with Gasteiger partial charge < -0.3 is 9.47 Å². The lowest BCUT2D eigenvalue weighted by molar-refractivity contribution is -0.274. The van der Waals surface area contributed by atoms with E-state index in [0.717, 1.165) is 5.56 Å². The maximum Gasteiger partial charge on any atom is 0.573 e. The third-order valence-corrected chi connectivity index (χ3v) is 2.32. The maximum atomic E-state index is 12.2. The monoisotopic (exact) mass is 262 g/mol. The molecular formula is C12H13F3O3. The smallest absolute Gasteiger partial charge is 0.469 e. The second kappa shape index (κ2) is 5.75. The number of hydrogen-bond donors (Lipinski definition) is 0. The van der Waals surface area contributed by atoms with Crippen molar-refractivity contribution in [1.29, 1.82) is 0 Å². The second-order valence-corrected chi connectivity index (χ2v) is 3.60. The molecule has 0 radical (unpaired) electrons. The van der Waals surface area contributed by atoms with Gasteiger partial charge >= 0.3 is 12.3 Å². The Bertz CT molecular complexity index is 427. The summed E-state index contributed by atoms with van der Waals surface area (Å²) >= 11 is 0. The molecule has 0 saturated heterocycles. The highest BCUT2D eigenvalue weighted by atomic mass is 19.4. The predicted octanol–water partition coefficient (Wildman–Crippen LogP) is 2.86. The van der Waals surface area contributed by atoms with Crippen LogP contribution in [0.4, 0.5) is 13.2 Å². The zero-order valence-corrected chi connectivity index (χ0v) is 10.0. The van der Waals surface area contributed by atoms with Gasteiger partial charge in [0, 0.05) is 5.56 Å². The van der Waals surface area contributed by atoms with E-state index in [1.807, 2.05) is 6.92 Å². The van der Waals surface area contributed by atoms with Crippen molar-refractivity contribution in [2.24, 2.45) is 0 Å². The second-order valence-electron chi connectivity index (χ2n) is 3.60. The molecule has 0 aliphatic heterocycles. The molecule has 100 valence electrons. The van der Waals surface area contributed by atoms with E-state index in [-0.39, 0.29) is 17.7 Å². The predicted molar refractivity (Wildman–Crippen MR) is 58.2 cm³/mol. The first-order valence-electron chi connectivity index (χ1n) is 5.30. The van der Waals surface area contributed by atoms with Crippen LogP contribution in [0.25, 0.3) is 0 Å². The molecule has 0 aliphatic rings. The summed E-state index contributed by atoms with van der Waals surface area (Å²) in [7, 11) is 1.18. The molecule has 0 spiro atoms. The number of alkyl halides is 3. The molecule has 6 heteroatoms. The van der Waals surface area contributed by atoms with Crippen molar-refractivity contribution in [3.05, 3.63) is 29.3 Å². The molecule has 0 bridgehead atoms. The minimum Gasteiger partial charge on any atom is -0.469 e. The number of aryl methyl sites for hydroxylation is 1. The molecule has 0 aliphatic carbocycles. The third-order valence-electron chi connectivity index (χ3n) is 2.32. The molecule has 0 N–H and O–H groups in total. The van der Waals surface area contributed by atoms with Crippen LogP contribution in [0.1, 0.15) is 18.1 Å². The van der Waals surface area contributed by atoms with Gasteiger partial charge in [-0.2, -0.15) is 0 Å². The van der Waals surface area contributed by atoms with Crippen LogP contribution in [0.2, 0.25) is 0 Å². The van der Waals surface area contributed by atoms with Crippen LogP contribution in [-0.2, 0) is 22.4 Å². The SMILES string of the molecule is CCc1ccc(OC(F)(F)F)c(CC(=O)OC)c1. The fraction of sp³-hybridized carbons (Fsp3) is 0.417. The molecule has 1 aromatic rings. The van der Waals surface area contributed by atoms with Crippen LogP contribution in [0.5, 0.6) is 5.75 Å². The summed E-state index contributed by atoms with van der Waals surface area (Å²) < 4.78 is 44.9. The Morgan fingerprint density at radius 1 is 1.33 bits per heavy atom. The Balaban J connectivity index is 3.04. The summed E-state index contributed by atoms with van der Waals surface area (Å²) in [4.78, 5) is 11.1. The minimum absolute atomic E-state index is 0.165. The largest absolute Gasteiger partial charge is 0.573 e. The topological polar surface area (TPSA) is 35.5 Å². The number of halogens is 3. The fourth-order valence-electron chi connectivity index (χ4n) is 1.44. The Morgan fingerprint density at radius 2 is 2.00 bits per heavy atom. The van der Waals surface area contributed by atoms with Crippen molar-refractivity contribution < 1.29 is 27.4 Å². The van der Waals surface area contributed by atoms with Crippen molar-refractivity contribution in [3.8, 4) is 5.75 Å². The summed E-state index contributed by atoms with van der Waals surface area (Å²) in [6.07, 6.45) is -4.38. The highest BCUT2D eigenvalue weighted by molar-refractivity contribution is 5.73. The van der Waals surface area contributed by atoms with Gasteiger partial charge in [-0.15, -0.1) is 13.2 Å². The summed E-state index contributed by atoms with van der Waals surface area (Å²) in [5, 5.41) is 0. The highest BCUT2D eigenvalue weighted by Gasteiger charge is 2.32. The van der Waals surface area contributed by atoms with Crippen LogP contribution in [-0.4, -0.2) is 19.4 Å². The number of benzene rings is 1. The van der Waals surface area contributed by atoms with Gasteiger partial charge in [-0.3, -0.25) is 4.79 Å². The Labute approximate surface area is 103 Å². The summed E-state index contributed by atoms with van der Waals surface area (Å²) in [5.74, 6) is -0.986. The van der Waals surface area contributed by atoms with Gasteiger partial charge in [0.25, 0.3) is 0 Å². The molecule has 1 aromatic carbocycles. The first-order chi connectivity index (χ1) is 8.35. The van der Waals surface area contributed by atoms with Gasteiger partial charge in [0.1, 0.15) is 5.75 Å². The van der Waals surface area contributed by atoms with E-state index in [2.05, 4.69) is 9.47 Å². The summed E-state index contributed by atoms with van der Waals surface area (Å²) in [5.41, 5.74) is 0.988. The zero-order valence-electron chi connectivity index (χ0n) is 10.0. The Hall–Kier alpha value is -1.72. The molecule has 1 rings (SSSR count). The van der Waals surface area contributed by atoms with Crippen molar-refractivity contribution in [2.75, 3.05) is 7.11 Å². The van der Waals surface area contributed by atoms with Crippen molar-refractivity contribution in [1.82, 2.24) is 0 Å². The van der Waals surface area contributed by atoms with Crippen molar-refractivity contribution in [2.45, 2.75) is 26.1 Å². The fourth-order valence-corrected chi connectivity index (χ4v) is 1.44. The van der Waals surface area contributed by atoms with Gasteiger partial charge in [-0.1, -0.05) is 19.1 Å². The average Bonchev–Trinajstić information content (AvgIpc) is 2.29. The van der Waals surface area contributed by atoms with Gasteiger partial charge in [-0.25, -0.2) is 0 Å². The molecule has 0 unspecified atom stereocenters. The average molecular weight is 262 g/mol. The standard InChI is InChI=1S/C12H13F3O3/c1-3-8-4-5-10(18-12(13,14)15)9(6-8)7-11(16)17-2/h4-6H,3,7H2,1-2H3. The van der Waals surface area contributed by atoms with Gasteiger partial charge in [0.15, 0.2) is 0 Å². The number of methoxy groups -OCH3 is 1. The normalized spacial score (nSPS) is 11.2. The first kappa shape index (κ1) is 14.3. The molecule has 18 heavy (non-hydrogen) atoms. The van der Waals surface area contributed by atoms with E-state index in [1.54, 1.807) is 0 Å². The highest BCUT2D eigenvalue weighted by Crippen LogP contribution is 2.28. The van der Waals surface area contributed by atoms with Crippen LogP contribution >= 0.6 is 0 Å². The molecule has 0 heterocycles. The van der Waals surface area contributed by atoms with Crippen LogP contribution < -0.4 is 4.74 Å². The number of esters is 1. The summed E-state index contributed by atoms with van der Waals surface area (Å²) in [6.45, 7) is 1.86. The van der Waals surface area contributed by atoms with E-state index < -0.39 is 12.3 Å². The molecule has 0 saturated carbocycles. The summed E-state index contributed by atoms with van der Waals surface area (Å²) in [6, 6.07) is 4.25.